The average Bonchev–Trinajstić information content (AvgIpc) is 3.55. The Morgan fingerprint density at radius 2 is 1.84 bits per heavy atom. The predicted molar refractivity (Wildman–Crippen MR) is 127 cm³/mol. The van der Waals surface area contributed by atoms with Gasteiger partial charge in [-0.25, -0.2) is 0 Å². The fourth-order valence-electron chi connectivity index (χ4n) is 4.18. The zero-order valence-electron chi connectivity index (χ0n) is 18.0. The molecule has 164 valence electrons. The molecule has 1 atom stereocenters. The highest BCUT2D eigenvalue weighted by Gasteiger charge is 2.28. The van der Waals surface area contributed by atoms with E-state index >= 15 is 0 Å². The first-order valence-electron chi connectivity index (χ1n) is 10.9. The van der Waals surface area contributed by atoms with Gasteiger partial charge in [-0.3, -0.25) is 4.57 Å². The predicted octanol–water partition coefficient (Wildman–Crippen LogP) is 6.93. The summed E-state index contributed by atoms with van der Waals surface area (Å²) in [4.78, 5) is 0. The first-order valence-corrected chi connectivity index (χ1v) is 12.1. The Kier molecular flexibility index (Phi) is 6.02. The van der Waals surface area contributed by atoms with E-state index in [1.165, 1.54) is 12.8 Å². The molecule has 4 aromatic rings. The number of halogens is 1. The highest BCUT2D eigenvalue weighted by molar-refractivity contribution is 7.99. The molecule has 0 saturated heterocycles. The molecule has 2 aromatic heterocycles. The maximum Gasteiger partial charge on any atom is 0.247 e. The highest BCUT2D eigenvalue weighted by atomic mass is 35.5. The van der Waals surface area contributed by atoms with Gasteiger partial charge in [-0.15, -0.1) is 20.4 Å². The van der Waals surface area contributed by atoms with Crippen molar-refractivity contribution in [2.24, 2.45) is 0 Å². The Labute approximate surface area is 196 Å². The van der Waals surface area contributed by atoms with Gasteiger partial charge in [-0.1, -0.05) is 66.0 Å². The minimum absolute atomic E-state index is 0.0653. The third-order valence-electron chi connectivity index (χ3n) is 5.80. The molecule has 0 amide bonds. The molecular weight excluding hydrogens is 442 g/mol. The summed E-state index contributed by atoms with van der Waals surface area (Å²) in [6.07, 6.45) is 4.67. The monoisotopic (exact) mass is 465 g/mol. The number of aromatic nitrogens is 5. The van der Waals surface area contributed by atoms with E-state index in [0.717, 1.165) is 40.5 Å². The third kappa shape index (κ3) is 4.19. The molecule has 0 aliphatic heterocycles. The molecule has 5 rings (SSSR count). The maximum absolute atomic E-state index is 6.50. The van der Waals surface area contributed by atoms with Crippen molar-refractivity contribution in [1.29, 1.82) is 0 Å². The standard InChI is InChI=1S/C24H24ClN5OS/c1-15-8-7-9-17(14-15)23-28-27-22(31-23)16(2)32-24-29-26-21(19-12-5-6-13-20(19)25)30(24)18-10-3-4-11-18/h5-9,12-14,16,18H,3-4,10-11H2,1-2H3/t16-/m0/s1. The van der Waals surface area contributed by atoms with Crippen LogP contribution in [0.5, 0.6) is 0 Å². The second kappa shape index (κ2) is 9.08. The maximum atomic E-state index is 6.50. The Bertz CT molecular complexity index is 1230. The lowest BCUT2D eigenvalue weighted by atomic mass is 10.1. The van der Waals surface area contributed by atoms with Crippen LogP contribution in [0.2, 0.25) is 5.02 Å². The molecule has 1 aliphatic rings. The smallest absolute Gasteiger partial charge is 0.247 e. The SMILES string of the molecule is Cc1cccc(-c2nnc([C@H](C)Sc3nnc(-c4ccccc4Cl)n3C3CCCC3)o2)c1. The van der Waals surface area contributed by atoms with Crippen LogP contribution in [0.4, 0.5) is 0 Å². The van der Waals surface area contributed by atoms with E-state index in [4.69, 9.17) is 16.0 Å². The molecule has 0 unspecified atom stereocenters. The van der Waals surface area contributed by atoms with Crippen LogP contribution in [0.1, 0.15) is 55.4 Å². The van der Waals surface area contributed by atoms with Crippen molar-refractivity contribution in [3.8, 4) is 22.8 Å². The molecule has 0 bridgehead atoms. The van der Waals surface area contributed by atoms with Crippen LogP contribution in [0.15, 0.2) is 58.1 Å². The molecule has 0 spiro atoms. The van der Waals surface area contributed by atoms with Gasteiger partial charge in [0, 0.05) is 17.2 Å². The number of hydrogen-bond acceptors (Lipinski definition) is 6. The van der Waals surface area contributed by atoms with Gasteiger partial charge in [0.15, 0.2) is 11.0 Å². The number of nitrogens with zero attached hydrogens (tertiary/aromatic N) is 5. The number of benzene rings is 2. The molecular formula is C24H24ClN5OS. The first-order chi connectivity index (χ1) is 15.6. The van der Waals surface area contributed by atoms with Crippen LogP contribution in [-0.4, -0.2) is 25.0 Å². The minimum atomic E-state index is -0.0653. The first kappa shape index (κ1) is 21.2. The summed E-state index contributed by atoms with van der Waals surface area (Å²) >= 11 is 8.09. The third-order valence-corrected chi connectivity index (χ3v) is 7.18. The lowest BCUT2D eigenvalue weighted by molar-refractivity contribution is 0.482. The Morgan fingerprint density at radius 1 is 1.03 bits per heavy atom. The van der Waals surface area contributed by atoms with Crippen LogP contribution in [0.3, 0.4) is 0 Å². The molecule has 32 heavy (non-hydrogen) atoms. The van der Waals surface area contributed by atoms with Crippen LogP contribution in [0.25, 0.3) is 22.8 Å². The van der Waals surface area contributed by atoms with Crippen molar-refractivity contribution < 1.29 is 4.42 Å². The molecule has 6 nitrogen and oxygen atoms in total. The zero-order valence-corrected chi connectivity index (χ0v) is 19.6. The van der Waals surface area contributed by atoms with Crippen molar-refractivity contribution in [3.05, 3.63) is 65.0 Å². The Morgan fingerprint density at radius 3 is 2.62 bits per heavy atom. The van der Waals surface area contributed by atoms with Gasteiger partial charge in [0.2, 0.25) is 11.8 Å². The highest BCUT2D eigenvalue weighted by Crippen LogP contribution is 2.41. The van der Waals surface area contributed by atoms with Crippen LogP contribution >= 0.6 is 23.4 Å². The van der Waals surface area contributed by atoms with Crippen molar-refractivity contribution in [2.45, 2.75) is 56.0 Å². The van der Waals surface area contributed by atoms with E-state index < -0.39 is 0 Å². The van der Waals surface area contributed by atoms with Crippen LogP contribution in [-0.2, 0) is 0 Å². The number of rotatable bonds is 6. The van der Waals surface area contributed by atoms with Gasteiger partial charge in [0.1, 0.15) is 0 Å². The Balaban J connectivity index is 1.45. The molecule has 1 fully saturated rings. The molecule has 2 aromatic carbocycles. The summed E-state index contributed by atoms with van der Waals surface area (Å²) in [6, 6.07) is 16.2. The lowest BCUT2D eigenvalue weighted by Crippen LogP contribution is -2.09. The fourth-order valence-corrected chi connectivity index (χ4v) is 5.35. The zero-order chi connectivity index (χ0) is 22.1. The van der Waals surface area contributed by atoms with Gasteiger partial charge in [0.05, 0.1) is 10.3 Å². The average molecular weight is 466 g/mol. The number of thioether (sulfide) groups is 1. The summed E-state index contributed by atoms with van der Waals surface area (Å²) in [6.45, 7) is 4.10. The summed E-state index contributed by atoms with van der Waals surface area (Å²) in [5.41, 5.74) is 2.99. The largest absolute Gasteiger partial charge is 0.419 e. The van der Waals surface area contributed by atoms with E-state index in [1.807, 2.05) is 55.5 Å². The molecule has 1 aliphatic carbocycles. The van der Waals surface area contributed by atoms with E-state index in [2.05, 4.69) is 31.9 Å². The van der Waals surface area contributed by atoms with E-state index in [0.29, 0.717) is 22.8 Å². The van der Waals surface area contributed by atoms with Gasteiger partial charge in [-0.05, 0) is 51.0 Å². The topological polar surface area (TPSA) is 69.6 Å². The van der Waals surface area contributed by atoms with E-state index in [1.54, 1.807) is 11.8 Å². The van der Waals surface area contributed by atoms with Crippen LogP contribution in [0, 0.1) is 6.92 Å². The summed E-state index contributed by atoms with van der Waals surface area (Å²) in [7, 11) is 0. The van der Waals surface area contributed by atoms with Gasteiger partial charge >= 0.3 is 0 Å². The van der Waals surface area contributed by atoms with Crippen molar-refractivity contribution in [1.82, 2.24) is 25.0 Å². The minimum Gasteiger partial charge on any atom is -0.419 e. The van der Waals surface area contributed by atoms with Crippen molar-refractivity contribution in [3.63, 3.8) is 0 Å². The van der Waals surface area contributed by atoms with Crippen LogP contribution < -0.4 is 0 Å². The van der Waals surface area contributed by atoms with Gasteiger partial charge in [0.25, 0.3) is 0 Å². The van der Waals surface area contributed by atoms with Crippen molar-refractivity contribution >= 4 is 23.4 Å². The van der Waals surface area contributed by atoms with Gasteiger partial charge < -0.3 is 4.42 Å². The second-order valence-electron chi connectivity index (χ2n) is 8.17. The fraction of sp³-hybridized carbons (Fsp3) is 0.333. The van der Waals surface area contributed by atoms with E-state index in [9.17, 15) is 0 Å². The van der Waals surface area contributed by atoms with Gasteiger partial charge in [-0.2, -0.15) is 0 Å². The summed E-state index contributed by atoms with van der Waals surface area (Å²) in [5.74, 6) is 1.93. The molecule has 1 saturated carbocycles. The molecule has 0 N–H and O–H groups in total. The number of aryl methyl sites for hydroxylation is 1. The molecule has 0 radical (unpaired) electrons. The lowest BCUT2D eigenvalue weighted by Gasteiger charge is -2.18. The number of hydrogen-bond donors (Lipinski definition) is 0. The quantitative estimate of drug-likeness (QED) is 0.287. The van der Waals surface area contributed by atoms with E-state index in [-0.39, 0.29) is 5.25 Å². The summed E-state index contributed by atoms with van der Waals surface area (Å²) < 4.78 is 8.27. The molecule has 8 heteroatoms. The Hall–Kier alpha value is -2.64. The second-order valence-corrected chi connectivity index (χ2v) is 9.88. The normalized spacial score (nSPS) is 15.3. The summed E-state index contributed by atoms with van der Waals surface area (Å²) in [5, 5.41) is 19.1. The molecule has 2 heterocycles. The van der Waals surface area contributed by atoms with Crippen molar-refractivity contribution in [2.75, 3.05) is 0 Å².